The number of likely N-dealkylation sites (tertiary alicyclic amines) is 1. The van der Waals surface area contributed by atoms with Crippen LogP contribution in [0.15, 0.2) is 24.3 Å². The number of rotatable bonds is 4. The smallest absolute Gasteiger partial charge is 0.248 e. The van der Waals surface area contributed by atoms with Gasteiger partial charge in [-0.1, -0.05) is 44.2 Å². The number of nitrogens with one attached hydrogen (secondary N) is 1. The molecule has 0 radical (unpaired) electrons. The van der Waals surface area contributed by atoms with E-state index < -0.39 is 5.54 Å². The second-order valence-corrected chi connectivity index (χ2v) is 7.85. The summed E-state index contributed by atoms with van der Waals surface area (Å²) < 4.78 is 0. The standard InChI is InChI=1S/C20H29ClN2O/c1-2-16-10-14-23(15-11-16)19(24)20(12-4-3-5-13-20)22-18-8-6-17(21)7-9-18/h6-9,16,22H,2-5,10-15H2,1H3. The minimum Gasteiger partial charge on any atom is -0.371 e. The minimum atomic E-state index is -0.425. The summed E-state index contributed by atoms with van der Waals surface area (Å²) >= 11 is 6.00. The fourth-order valence-corrected chi connectivity index (χ4v) is 4.33. The monoisotopic (exact) mass is 348 g/mol. The summed E-state index contributed by atoms with van der Waals surface area (Å²) in [5.41, 5.74) is 0.573. The zero-order valence-electron chi connectivity index (χ0n) is 14.7. The summed E-state index contributed by atoms with van der Waals surface area (Å²) in [5, 5.41) is 4.32. The first kappa shape index (κ1) is 17.6. The number of halogens is 1. The van der Waals surface area contributed by atoms with E-state index in [0.29, 0.717) is 5.91 Å². The first-order valence-electron chi connectivity index (χ1n) is 9.46. The van der Waals surface area contributed by atoms with Gasteiger partial charge in [0.25, 0.3) is 0 Å². The predicted molar refractivity (Wildman–Crippen MR) is 100 cm³/mol. The maximum atomic E-state index is 13.4. The van der Waals surface area contributed by atoms with Crippen molar-refractivity contribution >= 4 is 23.2 Å². The van der Waals surface area contributed by atoms with Gasteiger partial charge in [0.1, 0.15) is 5.54 Å². The second kappa shape index (κ2) is 7.77. The Morgan fingerprint density at radius 2 is 1.79 bits per heavy atom. The highest BCUT2D eigenvalue weighted by atomic mass is 35.5. The van der Waals surface area contributed by atoms with Crippen molar-refractivity contribution in [2.24, 2.45) is 5.92 Å². The molecule has 1 amide bonds. The first-order chi connectivity index (χ1) is 11.6. The molecule has 1 aliphatic carbocycles. The molecule has 1 aromatic carbocycles. The van der Waals surface area contributed by atoms with Crippen molar-refractivity contribution in [3.05, 3.63) is 29.3 Å². The van der Waals surface area contributed by atoms with Crippen LogP contribution in [0.4, 0.5) is 5.69 Å². The quantitative estimate of drug-likeness (QED) is 0.820. The summed E-state index contributed by atoms with van der Waals surface area (Å²) in [7, 11) is 0. The van der Waals surface area contributed by atoms with Crippen molar-refractivity contribution < 1.29 is 4.79 Å². The van der Waals surface area contributed by atoms with Crippen molar-refractivity contribution in [2.75, 3.05) is 18.4 Å². The van der Waals surface area contributed by atoms with E-state index in [1.165, 1.54) is 12.8 Å². The largest absolute Gasteiger partial charge is 0.371 e. The molecule has 2 fully saturated rings. The van der Waals surface area contributed by atoms with Gasteiger partial charge in [-0.15, -0.1) is 0 Å². The Morgan fingerprint density at radius 1 is 1.17 bits per heavy atom. The van der Waals surface area contributed by atoms with Gasteiger partial charge in [0, 0.05) is 23.8 Å². The topological polar surface area (TPSA) is 32.3 Å². The molecule has 1 aromatic rings. The maximum Gasteiger partial charge on any atom is 0.248 e. The zero-order chi connectivity index (χ0) is 17.0. The van der Waals surface area contributed by atoms with E-state index in [-0.39, 0.29) is 0 Å². The number of hydrogen-bond donors (Lipinski definition) is 1. The fourth-order valence-electron chi connectivity index (χ4n) is 4.20. The van der Waals surface area contributed by atoms with E-state index in [9.17, 15) is 4.79 Å². The lowest BCUT2D eigenvalue weighted by atomic mass is 9.79. The van der Waals surface area contributed by atoms with Gasteiger partial charge in [-0.05, 0) is 55.9 Å². The minimum absolute atomic E-state index is 0.312. The number of carbonyl (C=O) groups is 1. The Balaban J connectivity index is 1.75. The average molecular weight is 349 g/mol. The van der Waals surface area contributed by atoms with Crippen molar-refractivity contribution in [3.8, 4) is 0 Å². The molecule has 3 nitrogen and oxygen atoms in total. The Bertz CT molecular complexity index is 543. The highest BCUT2D eigenvalue weighted by molar-refractivity contribution is 6.30. The third-order valence-corrected chi connectivity index (χ3v) is 6.08. The molecule has 3 rings (SSSR count). The second-order valence-electron chi connectivity index (χ2n) is 7.42. The molecule has 0 aromatic heterocycles. The molecular formula is C20H29ClN2O. The van der Waals surface area contributed by atoms with E-state index in [4.69, 9.17) is 11.6 Å². The molecule has 2 aliphatic rings. The van der Waals surface area contributed by atoms with E-state index in [1.54, 1.807) is 0 Å². The molecule has 0 atom stereocenters. The molecule has 1 heterocycles. The highest BCUT2D eigenvalue weighted by Crippen LogP contribution is 2.35. The molecular weight excluding hydrogens is 320 g/mol. The Hall–Kier alpha value is -1.22. The van der Waals surface area contributed by atoms with Crippen LogP contribution in [0, 0.1) is 5.92 Å². The molecule has 1 aliphatic heterocycles. The van der Waals surface area contributed by atoms with Crippen LogP contribution in [-0.4, -0.2) is 29.4 Å². The van der Waals surface area contributed by atoms with Gasteiger partial charge in [-0.3, -0.25) is 4.79 Å². The normalized spacial score (nSPS) is 21.5. The number of amides is 1. The van der Waals surface area contributed by atoms with Crippen LogP contribution in [0.1, 0.15) is 58.3 Å². The van der Waals surface area contributed by atoms with Crippen LogP contribution in [0.5, 0.6) is 0 Å². The van der Waals surface area contributed by atoms with Crippen molar-refractivity contribution in [1.82, 2.24) is 4.90 Å². The van der Waals surface area contributed by atoms with Gasteiger partial charge in [-0.2, -0.15) is 0 Å². The van der Waals surface area contributed by atoms with Gasteiger partial charge >= 0.3 is 0 Å². The molecule has 1 saturated carbocycles. The first-order valence-corrected chi connectivity index (χ1v) is 9.84. The SMILES string of the molecule is CCC1CCN(C(=O)C2(Nc3ccc(Cl)cc3)CCCCC2)CC1. The van der Waals surface area contributed by atoms with E-state index in [0.717, 1.165) is 68.2 Å². The van der Waals surface area contributed by atoms with Gasteiger partial charge in [0.2, 0.25) is 5.91 Å². The van der Waals surface area contributed by atoms with Crippen LogP contribution >= 0.6 is 11.6 Å². The van der Waals surface area contributed by atoms with E-state index >= 15 is 0 Å². The summed E-state index contributed by atoms with van der Waals surface area (Å²) in [4.78, 5) is 15.5. The Labute approximate surface area is 150 Å². The summed E-state index contributed by atoms with van der Waals surface area (Å²) in [6, 6.07) is 7.74. The molecule has 0 bridgehead atoms. The maximum absolute atomic E-state index is 13.4. The number of anilines is 1. The molecule has 1 saturated heterocycles. The lowest BCUT2D eigenvalue weighted by Gasteiger charge is -2.43. The van der Waals surface area contributed by atoms with Gasteiger partial charge < -0.3 is 10.2 Å². The summed E-state index contributed by atoms with van der Waals surface area (Å²) in [6.07, 6.45) is 8.88. The molecule has 0 spiro atoms. The third-order valence-electron chi connectivity index (χ3n) is 5.82. The van der Waals surface area contributed by atoms with Crippen molar-refractivity contribution in [3.63, 3.8) is 0 Å². The molecule has 0 unspecified atom stereocenters. The summed E-state index contributed by atoms with van der Waals surface area (Å²) in [6.45, 7) is 4.09. The van der Waals surface area contributed by atoms with E-state index in [1.807, 2.05) is 24.3 Å². The third kappa shape index (κ3) is 3.88. The van der Waals surface area contributed by atoms with Crippen LogP contribution in [0.3, 0.4) is 0 Å². The Kier molecular flexibility index (Phi) is 5.70. The fraction of sp³-hybridized carbons (Fsp3) is 0.650. The van der Waals surface area contributed by atoms with Crippen molar-refractivity contribution in [1.29, 1.82) is 0 Å². The predicted octanol–water partition coefficient (Wildman–Crippen LogP) is 5.10. The van der Waals surface area contributed by atoms with Gasteiger partial charge in [0.15, 0.2) is 0 Å². The number of piperidine rings is 1. The summed E-state index contributed by atoms with van der Waals surface area (Å²) in [5.74, 6) is 1.10. The molecule has 4 heteroatoms. The van der Waals surface area contributed by atoms with Crippen molar-refractivity contribution in [2.45, 2.75) is 63.8 Å². The molecule has 132 valence electrons. The average Bonchev–Trinajstić information content (AvgIpc) is 2.64. The van der Waals surface area contributed by atoms with Gasteiger partial charge in [-0.25, -0.2) is 0 Å². The Morgan fingerprint density at radius 3 is 2.38 bits per heavy atom. The number of benzene rings is 1. The zero-order valence-corrected chi connectivity index (χ0v) is 15.4. The molecule has 1 N–H and O–H groups in total. The lowest BCUT2D eigenvalue weighted by molar-refractivity contribution is -0.138. The van der Waals surface area contributed by atoms with Crippen LogP contribution < -0.4 is 5.32 Å². The highest BCUT2D eigenvalue weighted by Gasteiger charge is 2.42. The van der Waals surface area contributed by atoms with Gasteiger partial charge in [0.05, 0.1) is 0 Å². The number of hydrogen-bond acceptors (Lipinski definition) is 2. The van der Waals surface area contributed by atoms with Crippen LogP contribution in [0.25, 0.3) is 0 Å². The molecule has 24 heavy (non-hydrogen) atoms. The van der Waals surface area contributed by atoms with Crippen LogP contribution in [0.2, 0.25) is 5.02 Å². The van der Waals surface area contributed by atoms with Crippen LogP contribution in [-0.2, 0) is 4.79 Å². The van der Waals surface area contributed by atoms with E-state index in [2.05, 4.69) is 17.1 Å². The lowest BCUT2D eigenvalue weighted by Crippen LogP contribution is -2.56. The number of nitrogens with zero attached hydrogens (tertiary/aromatic N) is 1. The number of carbonyl (C=O) groups excluding carboxylic acids is 1.